The highest BCUT2D eigenvalue weighted by molar-refractivity contribution is 7.92. The van der Waals surface area contributed by atoms with Crippen molar-refractivity contribution >= 4 is 21.6 Å². The molecule has 0 saturated heterocycles. The van der Waals surface area contributed by atoms with Crippen molar-refractivity contribution in [2.75, 3.05) is 11.4 Å². The number of sulfonamides is 1. The second-order valence-corrected chi connectivity index (χ2v) is 8.31. The van der Waals surface area contributed by atoms with E-state index in [0.717, 1.165) is 11.3 Å². The summed E-state index contributed by atoms with van der Waals surface area (Å²) in [5.74, 6) is -0.360. The second kappa shape index (κ2) is 8.22. The zero-order valence-electron chi connectivity index (χ0n) is 15.7. The Morgan fingerprint density at radius 1 is 1.04 bits per heavy atom. The Bertz CT molecular complexity index is 1080. The minimum Gasteiger partial charge on any atom is -0.346 e. The molecule has 0 saturated carbocycles. The van der Waals surface area contributed by atoms with Crippen molar-refractivity contribution in [3.8, 4) is 0 Å². The van der Waals surface area contributed by atoms with Crippen LogP contribution in [0.4, 0.5) is 5.69 Å². The van der Waals surface area contributed by atoms with Crippen molar-refractivity contribution in [2.24, 2.45) is 0 Å². The van der Waals surface area contributed by atoms with Crippen LogP contribution in [0.25, 0.3) is 0 Å². The van der Waals surface area contributed by atoms with Gasteiger partial charge in [0.1, 0.15) is 0 Å². The van der Waals surface area contributed by atoms with E-state index in [9.17, 15) is 13.2 Å². The van der Waals surface area contributed by atoms with Crippen molar-refractivity contribution in [3.63, 3.8) is 0 Å². The monoisotopic (exact) mass is 395 g/mol. The molecule has 0 atom stereocenters. The number of nitrogens with one attached hydrogen (secondary N) is 1. The Kier molecular flexibility index (Phi) is 5.75. The van der Waals surface area contributed by atoms with E-state index in [0.29, 0.717) is 5.69 Å². The third-order valence-corrected chi connectivity index (χ3v) is 6.06. The third-order valence-electron chi connectivity index (χ3n) is 4.28. The average Bonchev–Trinajstić information content (AvgIpc) is 2.72. The van der Waals surface area contributed by atoms with Crippen molar-refractivity contribution in [3.05, 3.63) is 89.7 Å². The minimum atomic E-state index is -3.79. The van der Waals surface area contributed by atoms with Gasteiger partial charge in [-0.25, -0.2) is 8.42 Å². The molecule has 0 aliphatic carbocycles. The van der Waals surface area contributed by atoms with Gasteiger partial charge in [0.15, 0.2) is 0 Å². The largest absolute Gasteiger partial charge is 0.346 e. The first kappa shape index (κ1) is 19.6. The summed E-state index contributed by atoms with van der Waals surface area (Å²) >= 11 is 0. The number of hydrogen-bond acceptors (Lipinski definition) is 4. The molecule has 0 unspecified atom stereocenters. The molecule has 0 bridgehead atoms. The summed E-state index contributed by atoms with van der Waals surface area (Å²) in [5.41, 5.74) is 2.51. The number of rotatable bonds is 6. The predicted molar refractivity (Wildman–Crippen MR) is 109 cm³/mol. The highest BCUT2D eigenvalue weighted by Gasteiger charge is 2.22. The molecule has 7 heteroatoms. The summed E-state index contributed by atoms with van der Waals surface area (Å²) in [4.78, 5) is 16.6. The molecule has 0 spiro atoms. The number of aromatic nitrogens is 1. The van der Waals surface area contributed by atoms with E-state index in [1.54, 1.807) is 48.7 Å². The lowest BCUT2D eigenvalue weighted by atomic mass is 10.2. The van der Waals surface area contributed by atoms with Gasteiger partial charge in [-0.05, 0) is 55.0 Å². The normalized spacial score (nSPS) is 11.1. The average molecular weight is 395 g/mol. The van der Waals surface area contributed by atoms with Crippen LogP contribution in [0.3, 0.4) is 0 Å². The molecule has 3 aromatic rings. The van der Waals surface area contributed by atoms with Gasteiger partial charge in [-0.15, -0.1) is 0 Å². The predicted octanol–water partition coefficient (Wildman–Crippen LogP) is 3.15. The van der Waals surface area contributed by atoms with Gasteiger partial charge in [-0.2, -0.15) is 0 Å². The number of anilines is 1. The second-order valence-electron chi connectivity index (χ2n) is 6.34. The van der Waals surface area contributed by atoms with Crippen LogP contribution in [-0.4, -0.2) is 26.4 Å². The molecule has 1 N–H and O–H groups in total. The molecule has 2 aromatic carbocycles. The van der Waals surface area contributed by atoms with E-state index < -0.39 is 10.0 Å². The van der Waals surface area contributed by atoms with Crippen LogP contribution >= 0.6 is 0 Å². The molecule has 28 heavy (non-hydrogen) atoms. The van der Waals surface area contributed by atoms with Crippen LogP contribution in [0.5, 0.6) is 0 Å². The first-order valence-electron chi connectivity index (χ1n) is 8.72. The third kappa shape index (κ3) is 4.37. The van der Waals surface area contributed by atoms with Crippen molar-refractivity contribution < 1.29 is 13.2 Å². The summed E-state index contributed by atoms with van der Waals surface area (Å²) in [6, 6.07) is 18.7. The van der Waals surface area contributed by atoms with E-state index in [1.807, 2.05) is 19.1 Å². The quantitative estimate of drug-likeness (QED) is 0.695. The molecule has 1 aromatic heterocycles. The lowest BCUT2D eigenvalue weighted by Crippen LogP contribution is -2.27. The molecule has 0 aliphatic heterocycles. The maximum atomic E-state index is 13.0. The van der Waals surface area contributed by atoms with Crippen molar-refractivity contribution in [1.29, 1.82) is 0 Å². The van der Waals surface area contributed by atoms with Gasteiger partial charge in [0.2, 0.25) is 0 Å². The smallest absolute Gasteiger partial charge is 0.264 e. The summed E-state index contributed by atoms with van der Waals surface area (Å²) in [6.07, 6.45) is 1.65. The zero-order chi connectivity index (χ0) is 20.1. The fourth-order valence-corrected chi connectivity index (χ4v) is 3.93. The van der Waals surface area contributed by atoms with E-state index >= 15 is 0 Å². The van der Waals surface area contributed by atoms with Crippen LogP contribution in [0.1, 0.15) is 21.6 Å². The highest BCUT2D eigenvalue weighted by atomic mass is 32.2. The number of carbonyl (C=O) groups is 1. The SMILES string of the molecule is Cc1cccc(N(C)S(=O)(=O)c2cccc(C(=O)NCc3ccccn3)c2)c1. The fraction of sp³-hybridized carbons (Fsp3) is 0.143. The Morgan fingerprint density at radius 3 is 2.54 bits per heavy atom. The standard InChI is InChI=1S/C21H21N3O3S/c1-16-7-5-10-19(13-16)24(2)28(26,27)20-11-6-8-17(14-20)21(25)23-15-18-9-3-4-12-22-18/h3-14H,15H2,1-2H3,(H,23,25). The summed E-state index contributed by atoms with van der Waals surface area (Å²) in [7, 11) is -2.29. The van der Waals surface area contributed by atoms with E-state index in [1.165, 1.54) is 23.5 Å². The van der Waals surface area contributed by atoms with Gasteiger partial charge in [0.05, 0.1) is 22.8 Å². The van der Waals surface area contributed by atoms with Gasteiger partial charge in [0.25, 0.3) is 15.9 Å². The van der Waals surface area contributed by atoms with Gasteiger partial charge in [-0.3, -0.25) is 14.1 Å². The number of aryl methyl sites for hydroxylation is 1. The number of benzene rings is 2. The lowest BCUT2D eigenvalue weighted by Gasteiger charge is -2.20. The number of pyridine rings is 1. The molecular formula is C21H21N3O3S. The highest BCUT2D eigenvalue weighted by Crippen LogP contribution is 2.23. The molecule has 6 nitrogen and oxygen atoms in total. The fourth-order valence-electron chi connectivity index (χ4n) is 2.69. The van der Waals surface area contributed by atoms with Crippen LogP contribution in [0.2, 0.25) is 0 Å². The topological polar surface area (TPSA) is 79.4 Å². The number of carbonyl (C=O) groups excluding carboxylic acids is 1. The van der Waals surface area contributed by atoms with Gasteiger partial charge >= 0.3 is 0 Å². The first-order chi connectivity index (χ1) is 13.4. The Hall–Kier alpha value is -3.19. The molecule has 144 valence electrons. The van der Waals surface area contributed by atoms with E-state index in [2.05, 4.69) is 10.3 Å². The summed E-state index contributed by atoms with van der Waals surface area (Å²) in [5, 5.41) is 2.75. The molecular weight excluding hydrogens is 374 g/mol. The van der Waals surface area contributed by atoms with E-state index in [-0.39, 0.29) is 22.9 Å². The van der Waals surface area contributed by atoms with Crippen LogP contribution < -0.4 is 9.62 Å². The summed E-state index contributed by atoms with van der Waals surface area (Å²) in [6.45, 7) is 2.16. The Morgan fingerprint density at radius 2 is 1.82 bits per heavy atom. The Labute approximate surface area is 164 Å². The lowest BCUT2D eigenvalue weighted by molar-refractivity contribution is 0.0950. The number of amides is 1. The van der Waals surface area contributed by atoms with Gasteiger partial charge in [-0.1, -0.05) is 24.3 Å². The zero-order valence-corrected chi connectivity index (χ0v) is 16.5. The van der Waals surface area contributed by atoms with Crippen LogP contribution in [-0.2, 0) is 16.6 Å². The Balaban J connectivity index is 1.80. The molecule has 0 radical (unpaired) electrons. The van der Waals surface area contributed by atoms with Crippen LogP contribution in [0, 0.1) is 6.92 Å². The molecule has 3 rings (SSSR count). The number of nitrogens with zero attached hydrogens (tertiary/aromatic N) is 2. The maximum absolute atomic E-state index is 13.0. The summed E-state index contributed by atoms with van der Waals surface area (Å²) < 4.78 is 27.2. The molecule has 1 heterocycles. The maximum Gasteiger partial charge on any atom is 0.264 e. The minimum absolute atomic E-state index is 0.0574. The molecule has 0 fully saturated rings. The molecule has 1 amide bonds. The van der Waals surface area contributed by atoms with Crippen molar-refractivity contribution in [2.45, 2.75) is 18.4 Å². The van der Waals surface area contributed by atoms with Crippen LogP contribution in [0.15, 0.2) is 77.8 Å². The number of hydrogen-bond donors (Lipinski definition) is 1. The van der Waals surface area contributed by atoms with Gasteiger partial charge < -0.3 is 5.32 Å². The first-order valence-corrected chi connectivity index (χ1v) is 10.2. The van der Waals surface area contributed by atoms with Crippen molar-refractivity contribution in [1.82, 2.24) is 10.3 Å². The molecule has 0 aliphatic rings. The van der Waals surface area contributed by atoms with E-state index in [4.69, 9.17) is 0 Å². The van der Waals surface area contributed by atoms with Gasteiger partial charge in [0, 0.05) is 18.8 Å².